The van der Waals surface area contributed by atoms with E-state index in [9.17, 15) is 9.90 Å². The number of carboxylic acids is 1. The fourth-order valence-corrected chi connectivity index (χ4v) is 7.44. The summed E-state index contributed by atoms with van der Waals surface area (Å²) in [5.74, 6) is 0.762. The van der Waals surface area contributed by atoms with Crippen LogP contribution in [0.25, 0.3) is 0 Å². The molecule has 1 aliphatic heterocycles. The summed E-state index contributed by atoms with van der Waals surface area (Å²) >= 11 is 0. The molecule has 1 saturated heterocycles. The van der Waals surface area contributed by atoms with Crippen LogP contribution in [0.2, 0.25) is 0 Å². The maximum absolute atomic E-state index is 12.4. The van der Waals surface area contributed by atoms with Crippen LogP contribution in [0.1, 0.15) is 129 Å². The van der Waals surface area contributed by atoms with E-state index in [1.807, 2.05) is 21.6 Å². The fourth-order valence-electron chi connectivity index (χ4n) is 4.42. The molecule has 0 amide bonds. The van der Waals surface area contributed by atoms with Gasteiger partial charge in [-0.3, -0.25) is 4.79 Å². The van der Waals surface area contributed by atoms with Crippen LogP contribution in [0, 0.1) is 5.41 Å². The molecule has 1 rings (SSSR count). The minimum atomic E-state index is -0.511. The van der Waals surface area contributed by atoms with Gasteiger partial charge in [0.05, 0.1) is 5.41 Å². The summed E-state index contributed by atoms with van der Waals surface area (Å²) in [6.45, 7) is 4.49. The van der Waals surface area contributed by atoms with Crippen molar-refractivity contribution in [1.82, 2.24) is 0 Å². The third kappa shape index (κ3) is 11.4. The van der Waals surface area contributed by atoms with E-state index >= 15 is 0 Å². The van der Waals surface area contributed by atoms with Crippen molar-refractivity contribution < 1.29 is 9.90 Å². The van der Waals surface area contributed by atoms with Crippen molar-refractivity contribution in [3.8, 4) is 0 Å². The van der Waals surface area contributed by atoms with Gasteiger partial charge in [0.2, 0.25) is 0 Å². The maximum atomic E-state index is 12.4. The first-order valence-electron chi connectivity index (χ1n) is 12.2. The Morgan fingerprint density at radius 3 is 1.79 bits per heavy atom. The molecule has 0 saturated carbocycles. The minimum absolute atomic E-state index is 0.452. The molecular formula is C24H46O2S2. The van der Waals surface area contributed by atoms with Gasteiger partial charge in [-0.05, 0) is 32.1 Å². The predicted molar refractivity (Wildman–Crippen MR) is 128 cm³/mol. The number of hydrogen-bond acceptors (Lipinski definition) is 3. The Hall–Kier alpha value is 0.170. The lowest BCUT2D eigenvalue weighted by molar-refractivity contribution is -0.150. The summed E-state index contributed by atoms with van der Waals surface area (Å²) in [4.78, 5) is 12.4. The van der Waals surface area contributed by atoms with Gasteiger partial charge in [-0.2, -0.15) is 0 Å². The first-order chi connectivity index (χ1) is 13.6. The molecule has 1 fully saturated rings. The Kier molecular flexibility index (Phi) is 15.8. The van der Waals surface area contributed by atoms with Crippen molar-refractivity contribution in [1.29, 1.82) is 0 Å². The minimum Gasteiger partial charge on any atom is -0.481 e. The Morgan fingerprint density at radius 2 is 1.32 bits per heavy atom. The smallest absolute Gasteiger partial charge is 0.309 e. The van der Waals surface area contributed by atoms with Crippen LogP contribution in [0.5, 0.6) is 0 Å². The van der Waals surface area contributed by atoms with E-state index in [1.54, 1.807) is 0 Å². The highest BCUT2D eigenvalue weighted by Gasteiger charge is 2.37. The molecule has 0 aromatic heterocycles. The lowest BCUT2D eigenvalue weighted by Gasteiger charge is -2.30. The highest BCUT2D eigenvalue weighted by atomic mass is 33.1. The van der Waals surface area contributed by atoms with E-state index in [1.165, 1.54) is 82.8 Å². The molecule has 1 unspecified atom stereocenters. The van der Waals surface area contributed by atoms with Gasteiger partial charge in [-0.15, -0.1) is 0 Å². The number of carbonyl (C=O) groups is 1. The lowest BCUT2D eigenvalue weighted by atomic mass is 9.74. The average molecular weight is 431 g/mol. The molecule has 1 aliphatic rings. The van der Waals surface area contributed by atoms with Gasteiger partial charge in [-0.25, -0.2) is 0 Å². The second kappa shape index (κ2) is 16.9. The SMILES string of the molecule is CCCCCCCCC(CCCCCCCC)(CCCC1CCSS1)C(=O)O. The monoisotopic (exact) mass is 430 g/mol. The number of rotatable bonds is 19. The summed E-state index contributed by atoms with van der Waals surface area (Å²) < 4.78 is 0. The molecule has 0 bridgehead atoms. The van der Waals surface area contributed by atoms with Crippen LogP contribution in [0.3, 0.4) is 0 Å². The molecule has 0 radical (unpaired) electrons. The summed E-state index contributed by atoms with van der Waals surface area (Å²) in [6, 6.07) is 0. The van der Waals surface area contributed by atoms with Gasteiger partial charge in [0.15, 0.2) is 0 Å². The van der Waals surface area contributed by atoms with Crippen LogP contribution in [0.4, 0.5) is 0 Å². The number of hydrogen-bond donors (Lipinski definition) is 1. The first kappa shape index (κ1) is 26.2. The van der Waals surface area contributed by atoms with E-state index in [4.69, 9.17) is 0 Å². The fraction of sp³-hybridized carbons (Fsp3) is 0.958. The highest BCUT2D eigenvalue weighted by Crippen LogP contribution is 2.42. The normalized spacial score (nSPS) is 17.3. The lowest BCUT2D eigenvalue weighted by Crippen LogP contribution is -2.31. The second-order valence-electron chi connectivity index (χ2n) is 8.84. The van der Waals surface area contributed by atoms with Crippen molar-refractivity contribution in [2.45, 2.75) is 135 Å². The molecule has 2 nitrogen and oxygen atoms in total. The molecule has 0 aromatic rings. The van der Waals surface area contributed by atoms with Crippen molar-refractivity contribution in [2.24, 2.45) is 5.41 Å². The van der Waals surface area contributed by atoms with Crippen molar-refractivity contribution in [2.75, 3.05) is 5.75 Å². The zero-order valence-electron chi connectivity index (χ0n) is 18.7. The molecule has 28 heavy (non-hydrogen) atoms. The topological polar surface area (TPSA) is 37.3 Å². The van der Waals surface area contributed by atoms with Gasteiger partial charge in [-0.1, -0.05) is 119 Å². The molecule has 4 heteroatoms. The molecule has 0 aliphatic carbocycles. The predicted octanol–water partition coefficient (Wildman–Crippen LogP) is 8.88. The Morgan fingerprint density at radius 1 is 0.821 bits per heavy atom. The van der Waals surface area contributed by atoms with E-state index in [2.05, 4.69) is 13.8 Å². The van der Waals surface area contributed by atoms with Crippen molar-refractivity contribution in [3.05, 3.63) is 0 Å². The molecule has 1 N–H and O–H groups in total. The molecule has 166 valence electrons. The quantitative estimate of drug-likeness (QED) is 0.164. The number of carboxylic acid groups (broad SMARTS) is 1. The first-order valence-corrected chi connectivity index (χ1v) is 14.5. The molecule has 0 aromatic carbocycles. The average Bonchev–Trinajstić information content (AvgIpc) is 3.20. The summed E-state index contributed by atoms with van der Waals surface area (Å²) in [5, 5.41) is 11.0. The summed E-state index contributed by atoms with van der Waals surface area (Å²) in [5.41, 5.74) is -0.452. The van der Waals surface area contributed by atoms with Gasteiger partial charge in [0, 0.05) is 11.0 Å². The molecular weight excluding hydrogens is 384 g/mol. The molecule has 1 heterocycles. The number of aliphatic carboxylic acids is 1. The standard InChI is InChI=1S/C24H46O2S2/c1-3-5-7-9-11-13-18-24(23(25)26,19-14-12-10-8-6-4-2)20-15-16-22-17-21-27-28-22/h22H,3-21H2,1-2H3,(H,25,26). The third-order valence-corrected chi connectivity index (χ3v) is 9.39. The Bertz CT molecular complexity index is 365. The van der Waals surface area contributed by atoms with Gasteiger partial charge >= 0.3 is 5.97 Å². The highest BCUT2D eigenvalue weighted by molar-refractivity contribution is 8.77. The summed E-state index contributed by atoms with van der Waals surface area (Å²) in [7, 11) is 4.02. The van der Waals surface area contributed by atoms with Crippen LogP contribution in [0.15, 0.2) is 0 Å². The number of unbranched alkanes of at least 4 members (excludes halogenated alkanes) is 10. The van der Waals surface area contributed by atoms with Crippen LogP contribution in [-0.4, -0.2) is 22.1 Å². The summed E-state index contributed by atoms with van der Waals surface area (Å²) in [6.07, 6.45) is 21.3. The van der Waals surface area contributed by atoms with Gasteiger partial charge < -0.3 is 5.11 Å². The van der Waals surface area contributed by atoms with E-state index in [-0.39, 0.29) is 0 Å². The van der Waals surface area contributed by atoms with Crippen molar-refractivity contribution >= 4 is 27.6 Å². The van der Waals surface area contributed by atoms with Gasteiger partial charge in [0.25, 0.3) is 0 Å². The van der Waals surface area contributed by atoms with Crippen molar-refractivity contribution in [3.63, 3.8) is 0 Å². The largest absolute Gasteiger partial charge is 0.481 e. The van der Waals surface area contributed by atoms with Crippen LogP contribution in [-0.2, 0) is 4.79 Å². The van der Waals surface area contributed by atoms with Gasteiger partial charge in [0.1, 0.15) is 0 Å². The molecule has 1 atom stereocenters. The second-order valence-corrected chi connectivity index (χ2v) is 11.6. The van der Waals surface area contributed by atoms with E-state index in [0.717, 1.165) is 43.8 Å². The molecule has 0 spiro atoms. The van der Waals surface area contributed by atoms with E-state index in [0.29, 0.717) is 0 Å². The van der Waals surface area contributed by atoms with E-state index < -0.39 is 11.4 Å². The third-order valence-electron chi connectivity index (χ3n) is 6.38. The Labute approximate surface area is 183 Å². The maximum Gasteiger partial charge on any atom is 0.309 e. The zero-order chi connectivity index (χ0) is 20.5. The van der Waals surface area contributed by atoms with Crippen LogP contribution >= 0.6 is 21.6 Å². The Balaban J connectivity index is 2.47. The van der Waals surface area contributed by atoms with Crippen LogP contribution < -0.4 is 0 Å². The zero-order valence-corrected chi connectivity index (χ0v) is 20.3.